The molecule has 2 atom stereocenters. The van der Waals surface area contributed by atoms with Gasteiger partial charge in [-0.2, -0.15) is 0 Å². The van der Waals surface area contributed by atoms with E-state index in [4.69, 9.17) is 5.11 Å². The van der Waals surface area contributed by atoms with E-state index in [0.717, 1.165) is 13.0 Å². The van der Waals surface area contributed by atoms with Crippen LogP contribution in [0.1, 0.15) is 38.3 Å². The predicted molar refractivity (Wildman–Crippen MR) is 88.5 cm³/mol. The summed E-state index contributed by atoms with van der Waals surface area (Å²) in [5.74, 6) is 0.544. The van der Waals surface area contributed by atoms with Gasteiger partial charge >= 0.3 is 0 Å². The van der Waals surface area contributed by atoms with Crippen molar-refractivity contribution in [3.05, 3.63) is 35.4 Å². The van der Waals surface area contributed by atoms with E-state index in [1.165, 1.54) is 11.1 Å². The lowest BCUT2D eigenvalue weighted by molar-refractivity contribution is -0.134. The van der Waals surface area contributed by atoms with E-state index in [1.807, 2.05) is 17.9 Å². The minimum absolute atomic E-state index is 0.147. The summed E-state index contributed by atoms with van der Waals surface area (Å²) in [7, 11) is 0. The Labute approximate surface area is 133 Å². The summed E-state index contributed by atoms with van der Waals surface area (Å²) >= 11 is 0. The van der Waals surface area contributed by atoms with Crippen LogP contribution in [0.15, 0.2) is 24.3 Å². The van der Waals surface area contributed by atoms with Crippen molar-refractivity contribution in [1.82, 2.24) is 10.2 Å². The van der Waals surface area contributed by atoms with Crippen LogP contribution < -0.4 is 5.32 Å². The zero-order valence-corrected chi connectivity index (χ0v) is 13.9. The fraction of sp³-hybridized carbons (Fsp3) is 0.611. The molecule has 0 bridgehead atoms. The lowest BCUT2D eigenvalue weighted by Gasteiger charge is -2.33. The number of amides is 1. The summed E-state index contributed by atoms with van der Waals surface area (Å²) in [6.07, 6.45) is 1.61. The summed E-state index contributed by atoms with van der Waals surface area (Å²) in [6.45, 7) is 7.79. The molecule has 0 saturated carbocycles. The molecule has 1 amide bonds. The molecule has 0 aliphatic carbocycles. The first-order chi connectivity index (χ1) is 10.5. The van der Waals surface area contributed by atoms with Gasteiger partial charge in [0.1, 0.15) is 0 Å². The number of aliphatic hydroxyl groups is 1. The molecule has 0 aromatic heterocycles. The summed E-state index contributed by atoms with van der Waals surface area (Å²) in [4.78, 5) is 14.6. The second-order valence-electron chi connectivity index (χ2n) is 6.53. The Kier molecular flexibility index (Phi) is 5.98. The first-order valence-electron chi connectivity index (χ1n) is 8.25. The van der Waals surface area contributed by atoms with Gasteiger partial charge < -0.3 is 15.3 Å². The molecule has 0 saturated heterocycles. The number of benzene rings is 1. The molecule has 1 heterocycles. The maximum Gasteiger partial charge on any atom is 0.239 e. The van der Waals surface area contributed by atoms with Crippen LogP contribution in [0.25, 0.3) is 0 Å². The van der Waals surface area contributed by atoms with Crippen molar-refractivity contribution >= 4 is 5.91 Å². The number of fused-ring (bicyclic) bond motifs is 1. The Morgan fingerprint density at radius 2 is 1.95 bits per heavy atom. The quantitative estimate of drug-likeness (QED) is 0.845. The summed E-state index contributed by atoms with van der Waals surface area (Å²) < 4.78 is 0. The third kappa shape index (κ3) is 4.08. The highest BCUT2D eigenvalue weighted by Crippen LogP contribution is 2.19. The first-order valence-corrected chi connectivity index (χ1v) is 8.25. The lowest BCUT2D eigenvalue weighted by Crippen LogP contribution is -2.51. The molecule has 1 aromatic rings. The SMILES string of the molecule is CC(C)[C@@H](CCO)N[C@H](C)C(=O)N1CCc2ccccc2C1. The van der Waals surface area contributed by atoms with Gasteiger partial charge in [-0.1, -0.05) is 38.1 Å². The summed E-state index contributed by atoms with van der Waals surface area (Å²) in [5, 5.41) is 12.5. The highest BCUT2D eigenvalue weighted by Gasteiger charge is 2.26. The van der Waals surface area contributed by atoms with E-state index in [9.17, 15) is 4.79 Å². The molecule has 0 spiro atoms. The van der Waals surface area contributed by atoms with Gasteiger partial charge in [0, 0.05) is 25.7 Å². The molecule has 22 heavy (non-hydrogen) atoms. The average molecular weight is 304 g/mol. The van der Waals surface area contributed by atoms with Gasteiger partial charge in [-0.25, -0.2) is 0 Å². The van der Waals surface area contributed by atoms with Crippen LogP contribution in [0.4, 0.5) is 0 Å². The smallest absolute Gasteiger partial charge is 0.239 e. The first kappa shape index (κ1) is 17.0. The van der Waals surface area contributed by atoms with E-state index in [-0.39, 0.29) is 24.6 Å². The van der Waals surface area contributed by atoms with Gasteiger partial charge in [-0.05, 0) is 36.8 Å². The van der Waals surface area contributed by atoms with Crippen molar-refractivity contribution in [3.8, 4) is 0 Å². The number of nitrogens with one attached hydrogen (secondary N) is 1. The van der Waals surface area contributed by atoms with Gasteiger partial charge in [-0.15, -0.1) is 0 Å². The molecule has 1 aromatic carbocycles. The third-order valence-corrected chi connectivity index (χ3v) is 4.52. The van der Waals surface area contributed by atoms with Crippen molar-refractivity contribution < 1.29 is 9.90 Å². The topological polar surface area (TPSA) is 52.6 Å². The number of carbonyl (C=O) groups excluding carboxylic acids is 1. The number of rotatable bonds is 6. The number of carbonyl (C=O) groups is 1. The van der Waals surface area contributed by atoms with E-state index in [2.05, 4.69) is 37.4 Å². The Hall–Kier alpha value is -1.39. The van der Waals surface area contributed by atoms with E-state index < -0.39 is 0 Å². The van der Waals surface area contributed by atoms with Crippen LogP contribution in [0.3, 0.4) is 0 Å². The maximum atomic E-state index is 12.7. The summed E-state index contributed by atoms with van der Waals surface area (Å²) in [5.41, 5.74) is 2.61. The molecule has 0 radical (unpaired) electrons. The van der Waals surface area contributed by atoms with Crippen molar-refractivity contribution in [2.24, 2.45) is 5.92 Å². The van der Waals surface area contributed by atoms with Crippen LogP contribution in [-0.2, 0) is 17.8 Å². The van der Waals surface area contributed by atoms with Crippen LogP contribution in [0.2, 0.25) is 0 Å². The Morgan fingerprint density at radius 3 is 2.59 bits per heavy atom. The van der Waals surface area contributed by atoms with Crippen molar-refractivity contribution in [1.29, 1.82) is 0 Å². The highest BCUT2D eigenvalue weighted by atomic mass is 16.3. The molecular formula is C18H28N2O2. The number of hydrogen-bond acceptors (Lipinski definition) is 3. The molecule has 0 unspecified atom stereocenters. The predicted octanol–water partition coefficient (Wildman–Crippen LogP) is 1.96. The van der Waals surface area contributed by atoms with Crippen LogP contribution in [0, 0.1) is 5.92 Å². The zero-order valence-electron chi connectivity index (χ0n) is 13.9. The Morgan fingerprint density at radius 1 is 1.27 bits per heavy atom. The summed E-state index contributed by atoms with van der Waals surface area (Å²) in [6, 6.07) is 8.29. The molecule has 1 aliphatic rings. The van der Waals surface area contributed by atoms with Gasteiger partial charge in [0.15, 0.2) is 0 Å². The van der Waals surface area contributed by atoms with Crippen LogP contribution in [0.5, 0.6) is 0 Å². The minimum atomic E-state index is -0.218. The van der Waals surface area contributed by atoms with Crippen molar-refractivity contribution in [2.45, 2.75) is 52.2 Å². The van der Waals surface area contributed by atoms with Gasteiger partial charge in [0.2, 0.25) is 5.91 Å². The molecule has 4 nitrogen and oxygen atoms in total. The third-order valence-electron chi connectivity index (χ3n) is 4.52. The number of aliphatic hydroxyl groups excluding tert-OH is 1. The monoisotopic (exact) mass is 304 g/mol. The minimum Gasteiger partial charge on any atom is -0.396 e. The van der Waals surface area contributed by atoms with E-state index >= 15 is 0 Å². The standard InChI is InChI=1S/C18H28N2O2/c1-13(2)17(9-11-21)19-14(3)18(22)20-10-8-15-6-4-5-7-16(15)12-20/h4-7,13-14,17,19,21H,8-12H2,1-3H3/t14-,17-/m1/s1. The largest absolute Gasteiger partial charge is 0.396 e. The Bertz CT molecular complexity index is 502. The fourth-order valence-corrected chi connectivity index (χ4v) is 3.10. The fourth-order valence-electron chi connectivity index (χ4n) is 3.10. The zero-order chi connectivity index (χ0) is 16.1. The molecular weight excluding hydrogens is 276 g/mol. The second-order valence-corrected chi connectivity index (χ2v) is 6.53. The normalized spacial score (nSPS) is 17.2. The average Bonchev–Trinajstić information content (AvgIpc) is 2.53. The van der Waals surface area contributed by atoms with Crippen LogP contribution >= 0.6 is 0 Å². The van der Waals surface area contributed by atoms with Crippen molar-refractivity contribution in [2.75, 3.05) is 13.2 Å². The van der Waals surface area contributed by atoms with Gasteiger partial charge in [0.05, 0.1) is 6.04 Å². The Balaban J connectivity index is 1.96. The number of nitrogens with zero attached hydrogens (tertiary/aromatic N) is 1. The van der Waals surface area contributed by atoms with Crippen LogP contribution in [-0.4, -0.2) is 41.1 Å². The maximum absolute atomic E-state index is 12.7. The van der Waals surface area contributed by atoms with E-state index in [1.54, 1.807) is 0 Å². The van der Waals surface area contributed by atoms with Gasteiger partial charge in [-0.3, -0.25) is 4.79 Å². The van der Waals surface area contributed by atoms with Crippen molar-refractivity contribution in [3.63, 3.8) is 0 Å². The molecule has 1 aliphatic heterocycles. The van der Waals surface area contributed by atoms with E-state index in [0.29, 0.717) is 18.9 Å². The molecule has 4 heteroatoms. The lowest BCUT2D eigenvalue weighted by atomic mass is 9.98. The van der Waals surface area contributed by atoms with Gasteiger partial charge in [0.25, 0.3) is 0 Å². The molecule has 0 fully saturated rings. The molecule has 122 valence electrons. The highest BCUT2D eigenvalue weighted by molar-refractivity contribution is 5.81. The second kappa shape index (κ2) is 7.75. The molecule has 2 N–H and O–H groups in total. The number of hydrogen-bond donors (Lipinski definition) is 2. The molecule has 2 rings (SSSR count).